The summed E-state index contributed by atoms with van der Waals surface area (Å²) in [7, 11) is 4.14. The highest BCUT2D eigenvalue weighted by Gasteiger charge is 2.33. The summed E-state index contributed by atoms with van der Waals surface area (Å²) in [5, 5.41) is 13.4. The van der Waals surface area contributed by atoms with Crippen molar-refractivity contribution < 1.29 is 5.11 Å². The second-order valence-corrected chi connectivity index (χ2v) is 5.32. The van der Waals surface area contributed by atoms with E-state index in [9.17, 15) is 5.11 Å². The van der Waals surface area contributed by atoms with Crippen LogP contribution in [-0.2, 0) is 0 Å². The third-order valence-corrected chi connectivity index (χ3v) is 3.88. The first kappa shape index (κ1) is 13.9. The van der Waals surface area contributed by atoms with Gasteiger partial charge in [0.05, 0.1) is 5.60 Å². The second kappa shape index (κ2) is 6.58. The van der Waals surface area contributed by atoms with Gasteiger partial charge in [-0.15, -0.1) is 0 Å². The summed E-state index contributed by atoms with van der Waals surface area (Å²) in [5.74, 6) is 0. The zero-order valence-corrected chi connectivity index (χ0v) is 11.1. The van der Waals surface area contributed by atoms with Crippen LogP contribution in [0.1, 0.15) is 45.4 Å². The zero-order valence-electron chi connectivity index (χ0n) is 11.1. The van der Waals surface area contributed by atoms with E-state index in [4.69, 9.17) is 0 Å². The normalized spacial score (nSPS) is 30.9. The van der Waals surface area contributed by atoms with E-state index in [2.05, 4.69) is 24.2 Å². The third-order valence-electron chi connectivity index (χ3n) is 3.88. The Morgan fingerprint density at radius 3 is 2.50 bits per heavy atom. The molecule has 1 saturated carbocycles. The lowest BCUT2D eigenvalue weighted by atomic mass is 9.81. The quantitative estimate of drug-likeness (QED) is 0.725. The second-order valence-electron chi connectivity index (χ2n) is 5.32. The van der Waals surface area contributed by atoms with E-state index in [0.717, 1.165) is 32.2 Å². The van der Waals surface area contributed by atoms with Crippen molar-refractivity contribution in [1.29, 1.82) is 0 Å². The zero-order chi connectivity index (χ0) is 12.0. The van der Waals surface area contributed by atoms with Crippen molar-refractivity contribution in [3.63, 3.8) is 0 Å². The fourth-order valence-corrected chi connectivity index (χ4v) is 2.68. The van der Waals surface area contributed by atoms with E-state index in [1.807, 2.05) is 7.05 Å². The minimum absolute atomic E-state index is 0.448. The summed E-state index contributed by atoms with van der Waals surface area (Å²) in [6.45, 7) is 4.17. The monoisotopic (exact) mass is 228 g/mol. The Morgan fingerprint density at radius 1 is 1.38 bits per heavy atom. The first-order valence-electron chi connectivity index (χ1n) is 6.68. The summed E-state index contributed by atoms with van der Waals surface area (Å²) >= 11 is 0. The average Bonchev–Trinajstić information content (AvgIpc) is 2.27. The first-order valence-corrected chi connectivity index (χ1v) is 6.68. The molecule has 0 radical (unpaired) electrons. The van der Waals surface area contributed by atoms with Crippen LogP contribution in [-0.4, -0.2) is 48.8 Å². The molecule has 1 rings (SSSR count). The Labute approximate surface area is 100 Å². The SMILES string of the molecule is CCCCN(C)C1CCC(O)(CNC)CC1. The molecule has 3 heteroatoms. The molecule has 0 bridgehead atoms. The molecule has 0 aromatic carbocycles. The highest BCUT2D eigenvalue weighted by Crippen LogP contribution is 2.30. The van der Waals surface area contributed by atoms with Gasteiger partial charge in [0, 0.05) is 12.6 Å². The minimum Gasteiger partial charge on any atom is -0.389 e. The molecule has 96 valence electrons. The van der Waals surface area contributed by atoms with Crippen LogP contribution in [0.15, 0.2) is 0 Å². The number of unbranched alkanes of at least 4 members (excludes halogenated alkanes) is 1. The first-order chi connectivity index (χ1) is 7.61. The standard InChI is InChI=1S/C13H28N2O/c1-4-5-10-15(3)12-6-8-13(16,9-7-12)11-14-2/h12,14,16H,4-11H2,1-3H3. The predicted molar refractivity (Wildman–Crippen MR) is 68.7 cm³/mol. The molecule has 0 saturated heterocycles. The summed E-state index contributed by atoms with van der Waals surface area (Å²) in [4.78, 5) is 2.47. The smallest absolute Gasteiger partial charge is 0.0772 e. The van der Waals surface area contributed by atoms with Crippen LogP contribution < -0.4 is 5.32 Å². The van der Waals surface area contributed by atoms with Crippen LogP contribution in [0, 0.1) is 0 Å². The molecule has 16 heavy (non-hydrogen) atoms. The molecule has 0 atom stereocenters. The molecule has 1 fully saturated rings. The van der Waals surface area contributed by atoms with Gasteiger partial charge in [-0.2, -0.15) is 0 Å². The van der Waals surface area contributed by atoms with E-state index in [1.165, 1.54) is 19.4 Å². The van der Waals surface area contributed by atoms with E-state index >= 15 is 0 Å². The van der Waals surface area contributed by atoms with Crippen molar-refractivity contribution in [3.8, 4) is 0 Å². The number of aliphatic hydroxyl groups is 1. The van der Waals surface area contributed by atoms with Crippen LogP contribution in [0.2, 0.25) is 0 Å². The van der Waals surface area contributed by atoms with Gasteiger partial charge in [-0.25, -0.2) is 0 Å². The van der Waals surface area contributed by atoms with Gasteiger partial charge < -0.3 is 15.3 Å². The molecule has 0 aromatic heterocycles. The average molecular weight is 228 g/mol. The molecule has 2 N–H and O–H groups in total. The lowest BCUT2D eigenvalue weighted by Crippen LogP contribution is -2.47. The maximum atomic E-state index is 10.3. The van der Waals surface area contributed by atoms with E-state index in [-0.39, 0.29) is 0 Å². The summed E-state index contributed by atoms with van der Waals surface area (Å²) in [6, 6.07) is 0.684. The molecule has 1 aliphatic rings. The van der Waals surface area contributed by atoms with Gasteiger partial charge in [0.1, 0.15) is 0 Å². The van der Waals surface area contributed by atoms with Crippen molar-refractivity contribution >= 4 is 0 Å². The van der Waals surface area contributed by atoms with E-state index in [0.29, 0.717) is 6.04 Å². The number of rotatable bonds is 6. The maximum absolute atomic E-state index is 10.3. The Bertz CT molecular complexity index is 188. The third kappa shape index (κ3) is 4.04. The van der Waals surface area contributed by atoms with Crippen LogP contribution in [0.3, 0.4) is 0 Å². The van der Waals surface area contributed by atoms with Gasteiger partial charge in [-0.05, 0) is 52.7 Å². The summed E-state index contributed by atoms with van der Waals surface area (Å²) in [6.07, 6.45) is 6.70. The molecule has 0 aromatic rings. The lowest BCUT2D eigenvalue weighted by Gasteiger charge is -2.39. The Kier molecular flexibility index (Phi) is 5.73. The number of hydrogen-bond acceptors (Lipinski definition) is 3. The number of nitrogens with one attached hydrogen (secondary N) is 1. The van der Waals surface area contributed by atoms with E-state index in [1.54, 1.807) is 0 Å². The summed E-state index contributed by atoms with van der Waals surface area (Å²) < 4.78 is 0. The molecular weight excluding hydrogens is 200 g/mol. The Hall–Kier alpha value is -0.120. The van der Waals surface area contributed by atoms with Gasteiger partial charge in [-0.3, -0.25) is 0 Å². The Morgan fingerprint density at radius 2 is 2.00 bits per heavy atom. The van der Waals surface area contributed by atoms with Gasteiger partial charge in [-0.1, -0.05) is 13.3 Å². The predicted octanol–water partition coefficient (Wildman–Crippen LogP) is 1.61. The minimum atomic E-state index is -0.448. The van der Waals surface area contributed by atoms with E-state index < -0.39 is 5.60 Å². The Balaban J connectivity index is 2.30. The van der Waals surface area contributed by atoms with Gasteiger partial charge >= 0.3 is 0 Å². The number of hydrogen-bond donors (Lipinski definition) is 2. The largest absolute Gasteiger partial charge is 0.389 e. The van der Waals surface area contributed by atoms with Crippen LogP contribution in [0.25, 0.3) is 0 Å². The molecule has 0 heterocycles. The number of likely N-dealkylation sites (N-methyl/N-ethyl adjacent to an activating group) is 1. The molecular formula is C13H28N2O. The van der Waals surface area contributed by atoms with Crippen molar-refractivity contribution in [1.82, 2.24) is 10.2 Å². The molecule has 0 spiro atoms. The maximum Gasteiger partial charge on any atom is 0.0772 e. The van der Waals surface area contributed by atoms with Crippen LogP contribution in [0.4, 0.5) is 0 Å². The van der Waals surface area contributed by atoms with Crippen molar-refractivity contribution in [3.05, 3.63) is 0 Å². The molecule has 1 aliphatic carbocycles. The van der Waals surface area contributed by atoms with Gasteiger partial charge in [0.25, 0.3) is 0 Å². The van der Waals surface area contributed by atoms with Gasteiger partial charge in [0.2, 0.25) is 0 Å². The van der Waals surface area contributed by atoms with Crippen LogP contribution in [0.5, 0.6) is 0 Å². The number of nitrogens with zero attached hydrogens (tertiary/aromatic N) is 1. The molecule has 0 unspecified atom stereocenters. The fraction of sp³-hybridized carbons (Fsp3) is 1.00. The van der Waals surface area contributed by atoms with Crippen molar-refractivity contribution in [2.45, 2.75) is 57.1 Å². The molecule has 3 nitrogen and oxygen atoms in total. The van der Waals surface area contributed by atoms with Crippen molar-refractivity contribution in [2.75, 3.05) is 27.2 Å². The topological polar surface area (TPSA) is 35.5 Å². The molecule has 0 amide bonds. The highest BCUT2D eigenvalue weighted by molar-refractivity contribution is 4.89. The lowest BCUT2D eigenvalue weighted by molar-refractivity contribution is -0.0146. The van der Waals surface area contributed by atoms with Gasteiger partial charge in [0.15, 0.2) is 0 Å². The van der Waals surface area contributed by atoms with Crippen molar-refractivity contribution in [2.24, 2.45) is 0 Å². The highest BCUT2D eigenvalue weighted by atomic mass is 16.3. The molecule has 0 aliphatic heterocycles. The fourth-order valence-electron chi connectivity index (χ4n) is 2.68. The summed E-state index contributed by atoms with van der Waals surface area (Å²) in [5.41, 5.74) is -0.448. The van der Waals surface area contributed by atoms with Crippen LogP contribution >= 0.6 is 0 Å².